The van der Waals surface area contributed by atoms with E-state index in [2.05, 4.69) is 0 Å². The van der Waals surface area contributed by atoms with E-state index in [9.17, 15) is 4.79 Å². The summed E-state index contributed by atoms with van der Waals surface area (Å²) in [5.41, 5.74) is 5.60. The highest BCUT2D eigenvalue weighted by Gasteiger charge is 2.23. The zero-order chi connectivity index (χ0) is 7.56. The first kappa shape index (κ1) is 10.7. The highest BCUT2D eigenvalue weighted by Crippen LogP contribution is 2.22. The fourth-order valence-corrected chi connectivity index (χ4v) is 1.37. The minimum atomic E-state index is -0.660. The monoisotopic (exact) mass is 179 g/mol. The minimum Gasteiger partial charge on any atom is -0.481 e. The van der Waals surface area contributed by atoms with Crippen molar-refractivity contribution in [2.45, 2.75) is 31.7 Å². The maximum absolute atomic E-state index is 10.4. The molecule has 0 heterocycles. The van der Waals surface area contributed by atoms with E-state index in [1.807, 2.05) is 0 Å². The molecule has 1 aliphatic carbocycles. The summed E-state index contributed by atoms with van der Waals surface area (Å²) in [6, 6.07) is 0.246. The van der Waals surface area contributed by atoms with Crippen LogP contribution < -0.4 is 5.73 Å². The summed E-state index contributed by atoms with van der Waals surface area (Å²) in [4.78, 5) is 10.4. The van der Waals surface area contributed by atoms with Crippen molar-refractivity contribution in [3.05, 3.63) is 0 Å². The van der Waals surface area contributed by atoms with Crippen molar-refractivity contribution in [2.75, 3.05) is 0 Å². The summed E-state index contributed by atoms with van der Waals surface area (Å²) in [6.07, 6.45) is 3.26. The van der Waals surface area contributed by atoms with Crippen LogP contribution >= 0.6 is 12.4 Å². The molecular weight excluding hydrogens is 166 g/mol. The molecule has 1 rings (SSSR count). The van der Waals surface area contributed by atoms with Gasteiger partial charge in [-0.25, -0.2) is 0 Å². The van der Waals surface area contributed by atoms with Crippen LogP contribution in [0.5, 0.6) is 0 Å². The summed E-state index contributed by atoms with van der Waals surface area (Å²) in [5, 5.41) is 8.58. The third kappa shape index (κ3) is 3.08. The van der Waals surface area contributed by atoms with Crippen LogP contribution in [0.2, 0.25) is 0 Å². The van der Waals surface area contributed by atoms with Gasteiger partial charge in [-0.15, -0.1) is 12.4 Å². The Balaban J connectivity index is 0.000001000. The topological polar surface area (TPSA) is 63.3 Å². The molecular formula is C7H14ClNO2. The molecule has 0 spiro atoms. The number of carboxylic acids is 1. The number of rotatable bonds is 1. The van der Waals surface area contributed by atoms with Gasteiger partial charge in [0.1, 0.15) is 0 Å². The predicted octanol–water partition coefficient (Wildman–Crippen LogP) is 1.01. The lowest BCUT2D eigenvalue weighted by Crippen LogP contribution is -2.29. The Morgan fingerprint density at radius 2 is 1.73 bits per heavy atom. The molecule has 1 saturated carbocycles. The van der Waals surface area contributed by atoms with E-state index in [0.29, 0.717) is 0 Å². The molecule has 1 aliphatic rings. The largest absolute Gasteiger partial charge is 0.481 e. The highest BCUT2D eigenvalue weighted by atomic mass is 35.5. The van der Waals surface area contributed by atoms with Gasteiger partial charge in [0.25, 0.3) is 0 Å². The van der Waals surface area contributed by atoms with E-state index in [1.165, 1.54) is 0 Å². The lowest BCUT2D eigenvalue weighted by molar-refractivity contribution is -0.142. The Kier molecular flexibility index (Phi) is 4.45. The molecule has 0 unspecified atom stereocenters. The van der Waals surface area contributed by atoms with Crippen molar-refractivity contribution in [3.63, 3.8) is 0 Å². The molecule has 0 aromatic carbocycles. The molecule has 0 amide bonds. The Bertz CT molecular complexity index is 132. The van der Waals surface area contributed by atoms with Crippen LogP contribution in [0.1, 0.15) is 25.7 Å². The van der Waals surface area contributed by atoms with Crippen molar-refractivity contribution in [1.82, 2.24) is 0 Å². The molecule has 0 saturated heterocycles. The van der Waals surface area contributed by atoms with Crippen LogP contribution in [-0.4, -0.2) is 17.1 Å². The summed E-state index contributed by atoms with van der Waals surface area (Å²) in [5.74, 6) is -0.785. The quantitative estimate of drug-likeness (QED) is 0.632. The maximum atomic E-state index is 10.4. The smallest absolute Gasteiger partial charge is 0.306 e. The second-order valence-corrected chi connectivity index (χ2v) is 2.95. The summed E-state index contributed by atoms with van der Waals surface area (Å²) >= 11 is 0. The first-order valence-corrected chi connectivity index (χ1v) is 3.68. The molecule has 4 heteroatoms. The fraction of sp³-hybridized carbons (Fsp3) is 0.857. The molecule has 0 bridgehead atoms. The Morgan fingerprint density at radius 3 is 2.09 bits per heavy atom. The third-order valence-electron chi connectivity index (χ3n) is 2.12. The number of hydrogen-bond acceptors (Lipinski definition) is 2. The Morgan fingerprint density at radius 1 is 1.27 bits per heavy atom. The molecule has 0 aliphatic heterocycles. The average Bonchev–Trinajstić information content (AvgIpc) is 1.88. The normalized spacial score (nSPS) is 30.6. The van der Waals surface area contributed by atoms with Crippen molar-refractivity contribution in [2.24, 2.45) is 11.7 Å². The molecule has 0 aromatic rings. The van der Waals surface area contributed by atoms with Crippen molar-refractivity contribution in [3.8, 4) is 0 Å². The van der Waals surface area contributed by atoms with E-state index >= 15 is 0 Å². The molecule has 66 valence electrons. The fourth-order valence-electron chi connectivity index (χ4n) is 1.37. The van der Waals surface area contributed by atoms with E-state index < -0.39 is 5.97 Å². The van der Waals surface area contributed by atoms with Crippen LogP contribution in [0, 0.1) is 5.92 Å². The Hall–Kier alpha value is -0.280. The lowest BCUT2D eigenvalue weighted by atomic mass is 9.87. The van der Waals surface area contributed by atoms with Crippen molar-refractivity contribution >= 4 is 18.4 Å². The van der Waals surface area contributed by atoms with E-state index in [4.69, 9.17) is 10.8 Å². The average molecular weight is 180 g/mol. The summed E-state index contributed by atoms with van der Waals surface area (Å²) in [7, 11) is 0. The molecule has 0 radical (unpaired) electrons. The summed E-state index contributed by atoms with van der Waals surface area (Å²) < 4.78 is 0. The Labute approximate surface area is 72.4 Å². The van der Waals surface area contributed by atoms with Gasteiger partial charge in [-0.1, -0.05) is 0 Å². The van der Waals surface area contributed by atoms with Gasteiger partial charge in [-0.2, -0.15) is 0 Å². The first-order valence-electron chi connectivity index (χ1n) is 3.68. The molecule has 1 fully saturated rings. The van der Waals surface area contributed by atoms with Gasteiger partial charge in [-0.05, 0) is 25.7 Å². The summed E-state index contributed by atoms with van der Waals surface area (Å²) in [6.45, 7) is 0. The van der Waals surface area contributed by atoms with Crippen molar-refractivity contribution in [1.29, 1.82) is 0 Å². The van der Waals surface area contributed by atoms with E-state index in [1.54, 1.807) is 0 Å². The highest BCUT2D eigenvalue weighted by molar-refractivity contribution is 5.85. The second kappa shape index (κ2) is 4.57. The van der Waals surface area contributed by atoms with Crippen LogP contribution in [-0.2, 0) is 4.79 Å². The number of hydrogen-bond donors (Lipinski definition) is 2. The van der Waals surface area contributed by atoms with Gasteiger partial charge in [0.2, 0.25) is 0 Å². The number of halogens is 1. The molecule has 11 heavy (non-hydrogen) atoms. The lowest BCUT2D eigenvalue weighted by Gasteiger charge is -2.22. The SMILES string of the molecule is Cl.NC1CCC(C(=O)O)CC1. The molecule has 0 atom stereocenters. The minimum absolute atomic E-state index is 0. The van der Waals surface area contributed by atoms with E-state index in [-0.39, 0.29) is 24.4 Å². The number of carboxylic acid groups (broad SMARTS) is 1. The number of nitrogens with two attached hydrogens (primary N) is 1. The van der Waals surface area contributed by atoms with Gasteiger partial charge in [0.05, 0.1) is 5.92 Å². The second-order valence-electron chi connectivity index (χ2n) is 2.95. The number of aliphatic carboxylic acids is 1. The standard InChI is InChI=1S/C7H13NO2.ClH/c8-6-3-1-5(2-4-6)7(9)10;/h5-6H,1-4,8H2,(H,9,10);1H. The van der Waals surface area contributed by atoms with Crippen LogP contribution in [0.15, 0.2) is 0 Å². The van der Waals surface area contributed by atoms with Crippen LogP contribution in [0.4, 0.5) is 0 Å². The van der Waals surface area contributed by atoms with Crippen molar-refractivity contribution < 1.29 is 9.90 Å². The predicted molar refractivity (Wildman–Crippen MR) is 44.8 cm³/mol. The molecule has 0 aromatic heterocycles. The first-order chi connectivity index (χ1) is 4.70. The number of carbonyl (C=O) groups is 1. The molecule has 3 N–H and O–H groups in total. The van der Waals surface area contributed by atoms with Crippen LogP contribution in [0.25, 0.3) is 0 Å². The van der Waals surface area contributed by atoms with Gasteiger partial charge in [0.15, 0.2) is 0 Å². The van der Waals surface area contributed by atoms with Gasteiger partial charge < -0.3 is 10.8 Å². The van der Waals surface area contributed by atoms with Gasteiger partial charge in [0, 0.05) is 6.04 Å². The van der Waals surface area contributed by atoms with Gasteiger partial charge in [-0.3, -0.25) is 4.79 Å². The van der Waals surface area contributed by atoms with E-state index in [0.717, 1.165) is 25.7 Å². The zero-order valence-corrected chi connectivity index (χ0v) is 7.14. The zero-order valence-electron chi connectivity index (χ0n) is 6.32. The van der Waals surface area contributed by atoms with Crippen LogP contribution in [0.3, 0.4) is 0 Å². The molecule has 3 nitrogen and oxygen atoms in total. The maximum Gasteiger partial charge on any atom is 0.306 e. The van der Waals surface area contributed by atoms with Gasteiger partial charge >= 0.3 is 5.97 Å². The third-order valence-corrected chi connectivity index (χ3v) is 2.12.